The van der Waals surface area contributed by atoms with E-state index in [4.69, 9.17) is 9.47 Å². The molecule has 1 N–H and O–H groups in total. The number of hydrogen-bond acceptors (Lipinski definition) is 7. The first-order chi connectivity index (χ1) is 10.0. The highest BCUT2D eigenvalue weighted by Gasteiger charge is 2.37. The number of carbonyl (C=O) groups excluding carboxylic acids is 2. The molecule has 0 amide bonds. The van der Waals surface area contributed by atoms with Crippen LogP contribution in [0.3, 0.4) is 0 Å². The number of rotatable bonds is 3. The smallest absolute Gasteiger partial charge is 0.374 e. The molecule has 7 heteroatoms. The first-order valence-corrected chi connectivity index (χ1v) is 5.98. The quantitative estimate of drug-likeness (QED) is 0.821. The first-order valence-electron chi connectivity index (χ1n) is 5.98. The molecule has 1 atom stereocenters. The van der Waals surface area contributed by atoms with Crippen LogP contribution >= 0.6 is 0 Å². The molecule has 0 saturated carbocycles. The van der Waals surface area contributed by atoms with E-state index in [1.165, 1.54) is 19.2 Å². The van der Waals surface area contributed by atoms with Crippen LogP contribution in [0.4, 0.5) is 0 Å². The summed E-state index contributed by atoms with van der Waals surface area (Å²) in [5.41, 5.74) is 0.0193. The SMILES string of the molecule is COC(=O)C1=C(C(=O)OC)C(O)c2ccc(OC)cc2O1. The molecule has 21 heavy (non-hydrogen) atoms. The number of methoxy groups -OCH3 is 3. The van der Waals surface area contributed by atoms with Gasteiger partial charge in [0.05, 0.1) is 21.3 Å². The van der Waals surface area contributed by atoms with Crippen molar-refractivity contribution >= 4 is 11.9 Å². The molecular formula is C14H14O7. The van der Waals surface area contributed by atoms with Crippen LogP contribution in [0.25, 0.3) is 0 Å². The van der Waals surface area contributed by atoms with Gasteiger partial charge >= 0.3 is 11.9 Å². The number of hydrogen-bond donors (Lipinski definition) is 1. The maximum Gasteiger partial charge on any atom is 0.374 e. The molecule has 0 radical (unpaired) electrons. The Morgan fingerprint density at radius 2 is 1.81 bits per heavy atom. The third-order valence-electron chi connectivity index (χ3n) is 3.02. The van der Waals surface area contributed by atoms with E-state index in [1.54, 1.807) is 6.07 Å². The van der Waals surface area contributed by atoms with Crippen molar-refractivity contribution in [3.05, 3.63) is 35.1 Å². The molecule has 1 aromatic carbocycles. The molecule has 0 aromatic heterocycles. The van der Waals surface area contributed by atoms with Crippen molar-refractivity contribution in [1.82, 2.24) is 0 Å². The number of ether oxygens (including phenoxy) is 4. The minimum Gasteiger partial charge on any atom is -0.497 e. The summed E-state index contributed by atoms with van der Waals surface area (Å²) in [6, 6.07) is 4.63. The van der Waals surface area contributed by atoms with E-state index < -0.39 is 23.8 Å². The molecule has 1 heterocycles. The van der Waals surface area contributed by atoms with E-state index >= 15 is 0 Å². The summed E-state index contributed by atoms with van der Waals surface area (Å²) in [4.78, 5) is 23.5. The average Bonchev–Trinajstić information content (AvgIpc) is 2.52. The molecule has 1 aliphatic rings. The highest BCUT2D eigenvalue weighted by molar-refractivity contribution is 6.01. The van der Waals surface area contributed by atoms with Crippen LogP contribution in [0.1, 0.15) is 11.7 Å². The summed E-state index contributed by atoms with van der Waals surface area (Å²) in [5.74, 6) is -1.48. The zero-order valence-corrected chi connectivity index (χ0v) is 11.7. The van der Waals surface area contributed by atoms with Gasteiger partial charge in [0.2, 0.25) is 5.76 Å². The maximum absolute atomic E-state index is 11.8. The summed E-state index contributed by atoms with van der Waals surface area (Å²) < 4.78 is 19.6. The van der Waals surface area contributed by atoms with Crippen LogP contribution in [-0.4, -0.2) is 38.4 Å². The zero-order chi connectivity index (χ0) is 15.6. The highest BCUT2D eigenvalue weighted by Crippen LogP contribution is 2.40. The van der Waals surface area contributed by atoms with Crippen molar-refractivity contribution in [1.29, 1.82) is 0 Å². The van der Waals surface area contributed by atoms with Crippen molar-refractivity contribution < 1.29 is 33.6 Å². The van der Waals surface area contributed by atoms with E-state index in [1.807, 2.05) is 0 Å². The number of esters is 2. The van der Waals surface area contributed by atoms with Crippen LogP contribution in [-0.2, 0) is 19.1 Å². The monoisotopic (exact) mass is 294 g/mol. The molecule has 1 aromatic rings. The molecular weight excluding hydrogens is 280 g/mol. The van der Waals surface area contributed by atoms with Crippen molar-refractivity contribution in [3.63, 3.8) is 0 Å². The fourth-order valence-electron chi connectivity index (χ4n) is 1.96. The lowest BCUT2D eigenvalue weighted by Crippen LogP contribution is -2.26. The lowest BCUT2D eigenvalue weighted by molar-refractivity contribution is -0.142. The van der Waals surface area contributed by atoms with Crippen LogP contribution in [0.5, 0.6) is 11.5 Å². The van der Waals surface area contributed by atoms with E-state index in [0.29, 0.717) is 11.3 Å². The Morgan fingerprint density at radius 3 is 2.38 bits per heavy atom. The summed E-state index contributed by atoms with van der Waals surface area (Å²) in [5, 5.41) is 10.3. The van der Waals surface area contributed by atoms with Gasteiger partial charge in [-0.3, -0.25) is 0 Å². The van der Waals surface area contributed by atoms with Gasteiger partial charge in [-0.15, -0.1) is 0 Å². The fourth-order valence-corrected chi connectivity index (χ4v) is 1.96. The van der Waals surface area contributed by atoms with Crippen molar-refractivity contribution in [2.24, 2.45) is 0 Å². The second kappa shape index (κ2) is 5.84. The van der Waals surface area contributed by atoms with Gasteiger partial charge in [-0.05, 0) is 12.1 Å². The van der Waals surface area contributed by atoms with Gasteiger partial charge in [0.1, 0.15) is 23.2 Å². The molecule has 7 nitrogen and oxygen atoms in total. The molecule has 0 fully saturated rings. The van der Waals surface area contributed by atoms with Crippen LogP contribution < -0.4 is 9.47 Å². The minimum atomic E-state index is -1.36. The molecule has 0 spiro atoms. The second-order valence-corrected chi connectivity index (χ2v) is 4.13. The van der Waals surface area contributed by atoms with Gasteiger partial charge in [-0.25, -0.2) is 9.59 Å². The number of aliphatic hydroxyl groups excluding tert-OH is 1. The Balaban J connectivity index is 2.56. The topological polar surface area (TPSA) is 91.3 Å². The first kappa shape index (κ1) is 14.9. The molecule has 112 valence electrons. The lowest BCUT2D eigenvalue weighted by atomic mass is 9.96. The Bertz CT molecular complexity index is 618. The fraction of sp³-hybridized carbons (Fsp3) is 0.286. The minimum absolute atomic E-state index is 0.204. The van der Waals surface area contributed by atoms with E-state index in [-0.39, 0.29) is 11.3 Å². The Kier molecular flexibility index (Phi) is 4.13. The van der Waals surface area contributed by atoms with Gasteiger partial charge in [0.25, 0.3) is 0 Å². The van der Waals surface area contributed by atoms with Crippen LogP contribution in [0.15, 0.2) is 29.5 Å². The number of aliphatic hydroxyl groups is 1. The normalized spacial score (nSPS) is 16.7. The predicted octanol–water partition coefficient (Wildman–Crippen LogP) is 0.721. The van der Waals surface area contributed by atoms with E-state index in [2.05, 4.69) is 9.47 Å². The molecule has 0 saturated heterocycles. The largest absolute Gasteiger partial charge is 0.497 e. The van der Waals surface area contributed by atoms with Gasteiger partial charge in [0, 0.05) is 11.6 Å². The number of carbonyl (C=O) groups is 2. The second-order valence-electron chi connectivity index (χ2n) is 4.13. The van der Waals surface area contributed by atoms with Gasteiger partial charge in [-0.2, -0.15) is 0 Å². The maximum atomic E-state index is 11.8. The molecule has 0 bridgehead atoms. The number of fused-ring (bicyclic) bond motifs is 1. The summed E-state index contributed by atoms with van der Waals surface area (Å²) >= 11 is 0. The van der Waals surface area contributed by atoms with Gasteiger partial charge < -0.3 is 24.1 Å². The Morgan fingerprint density at radius 1 is 1.14 bits per heavy atom. The van der Waals surface area contributed by atoms with Gasteiger partial charge in [0.15, 0.2) is 0 Å². The van der Waals surface area contributed by atoms with E-state index in [0.717, 1.165) is 14.2 Å². The Labute approximate surface area is 120 Å². The third-order valence-corrected chi connectivity index (χ3v) is 3.02. The van der Waals surface area contributed by atoms with Crippen LogP contribution in [0.2, 0.25) is 0 Å². The number of benzene rings is 1. The van der Waals surface area contributed by atoms with E-state index in [9.17, 15) is 14.7 Å². The molecule has 0 aliphatic carbocycles. The van der Waals surface area contributed by atoms with Crippen LogP contribution in [0, 0.1) is 0 Å². The summed E-state index contributed by atoms with van der Waals surface area (Å²) in [7, 11) is 3.75. The molecule has 2 rings (SSSR count). The van der Waals surface area contributed by atoms with Crippen molar-refractivity contribution in [3.8, 4) is 11.5 Å². The molecule has 1 unspecified atom stereocenters. The van der Waals surface area contributed by atoms with Crippen molar-refractivity contribution in [2.75, 3.05) is 21.3 Å². The van der Waals surface area contributed by atoms with Gasteiger partial charge in [-0.1, -0.05) is 0 Å². The lowest BCUT2D eigenvalue weighted by Gasteiger charge is -2.25. The third kappa shape index (κ3) is 2.55. The summed E-state index contributed by atoms with van der Waals surface area (Å²) in [6.45, 7) is 0. The highest BCUT2D eigenvalue weighted by atomic mass is 16.6. The summed E-state index contributed by atoms with van der Waals surface area (Å²) in [6.07, 6.45) is -1.36. The Hall–Kier alpha value is -2.54. The molecule has 1 aliphatic heterocycles. The zero-order valence-electron chi connectivity index (χ0n) is 11.7. The predicted molar refractivity (Wildman–Crippen MR) is 69.6 cm³/mol. The average molecular weight is 294 g/mol. The standard InChI is InChI=1S/C14H14O7/c1-18-7-4-5-8-9(6-7)21-12(14(17)20-3)10(11(8)15)13(16)19-2/h4-6,11,15H,1-3H3. The van der Waals surface area contributed by atoms with Crippen molar-refractivity contribution in [2.45, 2.75) is 6.10 Å².